The molecule has 0 aliphatic carbocycles. The van der Waals surface area contributed by atoms with Gasteiger partial charge in [-0.25, -0.2) is 4.98 Å². The summed E-state index contributed by atoms with van der Waals surface area (Å²) in [6.45, 7) is 2.00. The van der Waals surface area contributed by atoms with Crippen molar-refractivity contribution in [3.63, 3.8) is 0 Å². The molecule has 0 atom stereocenters. The van der Waals surface area contributed by atoms with E-state index in [0.717, 1.165) is 20.7 Å². The Morgan fingerprint density at radius 2 is 2.05 bits per heavy atom. The molecule has 0 aliphatic heterocycles. The third-order valence-electron chi connectivity index (χ3n) is 2.92. The van der Waals surface area contributed by atoms with Crippen LogP contribution in [-0.2, 0) is 6.42 Å². The molecule has 3 rings (SSSR count). The zero-order chi connectivity index (χ0) is 14.8. The first-order chi connectivity index (χ1) is 10.2. The van der Waals surface area contributed by atoms with Crippen LogP contribution in [0.1, 0.15) is 10.4 Å². The van der Waals surface area contributed by atoms with E-state index < -0.39 is 0 Å². The van der Waals surface area contributed by atoms with E-state index in [-0.39, 0.29) is 5.95 Å². The topological polar surface area (TPSA) is 84.8 Å². The Morgan fingerprint density at radius 3 is 2.76 bits per heavy atom. The molecule has 0 amide bonds. The standard InChI is InChI=1S/C15H12N4OS/c1-9-8-12-13(18-15(17)19-14(12)21-9)20-11-4-2-10(3-5-11)6-7-16/h2-5,8H,6H2,1H3,(H2,17,18,19). The third kappa shape index (κ3) is 2.78. The van der Waals surface area contributed by atoms with E-state index in [4.69, 9.17) is 15.7 Å². The van der Waals surface area contributed by atoms with Gasteiger partial charge in [-0.3, -0.25) is 0 Å². The highest BCUT2D eigenvalue weighted by atomic mass is 32.1. The summed E-state index contributed by atoms with van der Waals surface area (Å²) in [4.78, 5) is 10.3. The number of nitrogen functional groups attached to an aromatic ring is 1. The minimum atomic E-state index is 0.195. The number of benzene rings is 1. The zero-order valence-electron chi connectivity index (χ0n) is 11.3. The van der Waals surface area contributed by atoms with Gasteiger partial charge in [0.25, 0.3) is 0 Å². The number of hydrogen-bond acceptors (Lipinski definition) is 6. The van der Waals surface area contributed by atoms with E-state index in [9.17, 15) is 0 Å². The molecule has 0 radical (unpaired) electrons. The van der Waals surface area contributed by atoms with Crippen molar-refractivity contribution in [3.05, 3.63) is 40.8 Å². The molecule has 3 aromatic rings. The van der Waals surface area contributed by atoms with Crippen LogP contribution in [0.3, 0.4) is 0 Å². The number of aryl methyl sites for hydroxylation is 1. The van der Waals surface area contributed by atoms with Crippen molar-refractivity contribution in [2.75, 3.05) is 5.73 Å². The maximum Gasteiger partial charge on any atom is 0.232 e. The van der Waals surface area contributed by atoms with E-state index in [1.807, 2.05) is 37.3 Å². The fourth-order valence-electron chi connectivity index (χ4n) is 1.99. The molecular weight excluding hydrogens is 284 g/mol. The minimum absolute atomic E-state index is 0.195. The van der Waals surface area contributed by atoms with E-state index in [2.05, 4.69) is 16.0 Å². The van der Waals surface area contributed by atoms with E-state index in [1.165, 1.54) is 0 Å². The monoisotopic (exact) mass is 296 g/mol. The van der Waals surface area contributed by atoms with Crippen LogP contribution < -0.4 is 10.5 Å². The molecule has 2 aromatic heterocycles. The fraction of sp³-hybridized carbons (Fsp3) is 0.133. The van der Waals surface area contributed by atoms with Crippen LogP contribution >= 0.6 is 11.3 Å². The Balaban J connectivity index is 1.95. The van der Waals surface area contributed by atoms with Crippen LogP contribution in [0, 0.1) is 18.3 Å². The molecule has 0 aliphatic rings. The summed E-state index contributed by atoms with van der Waals surface area (Å²) in [5.41, 5.74) is 6.67. The zero-order valence-corrected chi connectivity index (χ0v) is 12.1. The smallest absolute Gasteiger partial charge is 0.232 e. The number of aromatic nitrogens is 2. The first-order valence-corrected chi connectivity index (χ1v) is 7.15. The van der Waals surface area contributed by atoms with Crippen LogP contribution in [-0.4, -0.2) is 9.97 Å². The number of nitrogens with zero attached hydrogens (tertiary/aromatic N) is 3. The Morgan fingerprint density at radius 1 is 1.29 bits per heavy atom. The normalized spacial score (nSPS) is 10.5. The highest BCUT2D eigenvalue weighted by molar-refractivity contribution is 7.18. The van der Waals surface area contributed by atoms with Crippen molar-refractivity contribution in [1.29, 1.82) is 5.26 Å². The molecule has 0 spiro atoms. The Kier molecular flexibility index (Phi) is 3.42. The van der Waals surface area contributed by atoms with Crippen molar-refractivity contribution in [1.82, 2.24) is 9.97 Å². The molecule has 0 unspecified atom stereocenters. The van der Waals surface area contributed by atoms with Crippen molar-refractivity contribution in [3.8, 4) is 17.7 Å². The second kappa shape index (κ2) is 5.38. The lowest BCUT2D eigenvalue weighted by atomic mass is 10.2. The molecule has 0 saturated carbocycles. The van der Waals surface area contributed by atoms with Gasteiger partial charge < -0.3 is 10.5 Å². The van der Waals surface area contributed by atoms with Crippen LogP contribution in [0.2, 0.25) is 0 Å². The van der Waals surface area contributed by atoms with Gasteiger partial charge in [-0.1, -0.05) is 12.1 Å². The average molecular weight is 296 g/mol. The summed E-state index contributed by atoms with van der Waals surface area (Å²) >= 11 is 1.55. The van der Waals surface area contributed by atoms with Crippen molar-refractivity contribution >= 4 is 27.5 Å². The van der Waals surface area contributed by atoms with Gasteiger partial charge in [0, 0.05) is 4.88 Å². The van der Waals surface area contributed by atoms with Gasteiger partial charge in [-0.15, -0.1) is 11.3 Å². The van der Waals surface area contributed by atoms with Crippen LogP contribution in [0.25, 0.3) is 10.2 Å². The number of hydrogen-bond donors (Lipinski definition) is 1. The predicted octanol–water partition coefficient (Wildman–Crippen LogP) is 3.44. The Bertz CT molecular complexity index is 833. The van der Waals surface area contributed by atoms with Crippen molar-refractivity contribution in [2.24, 2.45) is 0 Å². The van der Waals surface area contributed by atoms with E-state index in [0.29, 0.717) is 18.1 Å². The summed E-state index contributed by atoms with van der Waals surface area (Å²) in [5, 5.41) is 9.52. The maximum atomic E-state index is 8.66. The largest absolute Gasteiger partial charge is 0.438 e. The van der Waals surface area contributed by atoms with Gasteiger partial charge in [0.1, 0.15) is 10.6 Å². The number of rotatable bonds is 3. The molecule has 2 N–H and O–H groups in total. The second-order valence-corrected chi connectivity index (χ2v) is 5.78. The molecule has 5 nitrogen and oxygen atoms in total. The molecule has 1 aromatic carbocycles. The van der Waals surface area contributed by atoms with Gasteiger partial charge in [0.15, 0.2) is 0 Å². The molecular formula is C15H12N4OS. The predicted molar refractivity (Wildman–Crippen MR) is 82.4 cm³/mol. The highest BCUT2D eigenvalue weighted by Crippen LogP contribution is 2.33. The minimum Gasteiger partial charge on any atom is -0.438 e. The van der Waals surface area contributed by atoms with Crippen LogP contribution in [0.4, 0.5) is 5.95 Å². The second-order valence-electron chi connectivity index (χ2n) is 4.54. The molecule has 0 fully saturated rings. The average Bonchev–Trinajstić information content (AvgIpc) is 2.81. The van der Waals surface area contributed by atoms with E-state index in [1.54, 1.807) is 11.3 Å². The molecule has 0 saturated heterocycles. The SMILES string of the molecule is Cc1cc2c(Oc3ccc(CC#N)cc3)nc(N)nc2s1. The van der Waals surface area contributed by atoms with Crippen molar-refractivity contribution < 1.29 is 4.74 Å². The lowest BCUT2D eigenvalue weighted by Gasteiger charge is -2.06. The number of thiophene rings is 1. The summed E-state index contributed by atoms with van der Waals surface area (Å²) in [6.07, 6.45) is 0.384. The van der Waals surface area contributed by atoms with Gasteiger partial charge >= 0.3 is 0 Å². The van der Waals surface area contributed by atoms with E-state index >= 15 is 0 Å². The Hall–Kier alpha value is -2.65. The number of ether oxygens (including phenoxy) is 1. The third-order valence-corrected chi connectivity index (χ3v) is 3.86. The fourth-order valence-corrected chi connectivity index (χ4v) is 2.86. The molecule has 21 heavy (non-hydrogen) atoms. The highest BCUT2D eigenvalue weighted by Gasteiger charge is 2.11. The maximum absolute atomic E-state index is 8.66. The lowest BCUT2D eigenvalue weighted by molar-refractivity contribution is 0.469. The van der Waals surface area contributed by atoms with Crippen molar-refractivity contribution in [2.45, 2.75) is 13.3 Å². The molecule has 2 heterocycles. The number of fused-ring (bicyclic) bond motifs is 1. The van der Waals surface area contributed by atoms with Gasteiger partial charge in [0.2, 0.25) is 11.8 Å². The first-order valence-electron chi connectivity index (χ1n) is 6.33. The number of anilines is 1. The quantitative estimate of drug-likeness (QED) is 0.800. The van der Waals surface area contributed by atoms with Gasteiger partial charge in [0.05, 0.1) is 17.9 Å². The molecule has 6 heteroatoms. The van der Waals surface area contributed by atoms with Gasteiger partial charge in [-0.05, 0) is 30.7 Å². The Labute approximate surface area is 125 Å². The summed E-state index contributed by atoms with van der Waals surface area (Å²) in [5.74, 6) is 1.30. The number of nitriles is 1. The first kappa shape index (κ1) is 13.3. The number of nitrogens with two attached hydrogens (primary N) is 1. The van der Waals surface area contributed by atoms with Crippen LogP contribution in [0.5, 0.6) is 11.6 Å². The summed E-state index contributed by atoms with van der Waals surface area (Å²) in [7, 11) is 0. The summed E-state index contributed by atoms with van der Waals surface area (Å²) in [6, 6.07) is 11.4. The van der Waals surface area contributed by atoms with Crippen LogP contribution in [0.15, 0.2) is 30.3 Å². The lowest BCUT2D eigenvalue weighted by Crippen LogP contribution is -1.97. The summed E-state index contributed by atoms with van der Waals surface area (Å²) < 4.78 is 5.81. The molecule has 0 bridgehead atoms. The van der Waals surface area contributed by atoms with Gasteiger partial charge in [-0.2, -0.15) is 10.2 Å². The molecule has 104 valence electrons.